The van der Waals surface area contributed by atoms with E-state index in [1.165, 1.54) is 7.11 Å². The highest BCUT2D eigenvalue weighted by molar-refractivity contribution is 5.91. The van der Waals surface area contributed by atoms with Crippen LogP contribution >= 0.6 is 0 Å². The first-order chi connectivity index (χ1) is 11.6. The Hall–Kier alpha value is -2.77. The van der Waals surface area contributed by atoms with E-state index in [9.17, 15) is 9.59 Å². The molecule has 0 radical (unpaired) electrons. The number of methoxy groups -OCH3 is 1. The van der Waals surface area contributed by atoms with Gasteiger partial charge in [-0.05, 0) is 12.8 Å². The average Bonchev–Trinajstić information content (AvgIpc) is 3.01. The summed E-state index contributed by atoms with van der Waals surface area (Å²) in [6.07, 6.45) is 6.45. The van der Waals surface area contributed by atoms with Crippen LogP contribution in [0.2, 0.25) is 0 Å². The Balaban J connectivity index is 1.58. The topological polar surface area (TPSA) is 89.6 Å². The van der Waals surface area contributed by atoms with Crippen LogP contribution < -0.4 is 20.4 Å². The molecule has 2 aromatic rings. The van der Waals surface area contributed by atoms with Gasteiger partial charge in [0.05, 0.1) is 7.11 Å². The molecule has 1 saturated heterocycles. The molecular formula is C16H20N4O4. The molecule has 3 heterocycles. The first-order valence-corrected chi connectivity index (χ1v) is 7.78. The van der Waals surface area contributed by atoms with Crippen molar-refractivity contribution in [2.75, 3.05) is 25.1 Å². The van der Waals surface area contributed by atoms with Crippen molar-refractivity contribution in [1.82, 2.24) is 14.9 Å². The number of nitrogens with zero attached hydrogens (tertiary/aromatic N) is 3. The second-order valence-electron chi connectivity index (χ2n) is 5.75. The number of carbonyl (C=O) groups is 1. The largest absolute Gasteiger partial charge is 0.490 e. The highest BCUT2D eigenvalue weighted by atomic mass is 16.5. The van der Waals surface area contributed by atoms with Gasteiger partial charge in [0.25, 0.3) is 5.91 Å². The molecule has 0 atom stereocenters. The summed E-state index contributed by atoms with van der Waals surface area (Å²) in [7, 11) is 3.34. The summed E-state index contributed by atoms with van der Waals surface area (Å²) in [6.45, 7) is 1.62. The number of ether oxygens (including phenoxy) is 1. The zero-order valence-electron chi connectivity index (χ0n) is 13.7. The Kier molecular flexibility index (Phi) is 4.54. The number of imidazole rings is 1. The van der Waals surface area contributed by atoms with Crippen molar-refractivity contribution >= 4 is 11.9 Å². The van der Waals surface area contributed by atoms with E-state index in [0.29, 0.717) is 0 Å². The molecule has 0 bridgehead atoms. The van der Waals surface area contributed by atoms with E-state index >= 15 is 0 Å². The van der Waals surface area contributed by atoms with Crippen molar-refractivity contribution in [2.24, 2.45) is 7.05 Å². The van der Waals surface area contributed by atoms with Crippen molar-refractivity contribution in [1.29, 1.82) is 0 Å². The highest BCUT2D eigenvalue weighted by Crippen LogP contribution is 2.18. The summed E-state index contributed by atoms with van der Waals surface area (Å²) >= 11 is 0. The molecule has 0 saturated carbocycles. The van der Waals surface area contributed by atoms with Gasteiger partial charge >= 0.3 is 0 Å². The van der Waals surface area contributed by atoms with Gasteiger partial charge in [0, 0.05) is 44.6 Å². The van der Waals surface area contributed by atoms with Gasteiger partial charge in [-0.25, -0.2) is 4.98 Å². The Labute approximate surface area is 139 Å². The zero-order valence-corrected chi connectivity index (χ0v) is 13.7. The minimum Gasteiger partial charge on any atom is -0.490 e. The van der Waals surface area contributed by atoms with Gasteiger partial charge in [-0.1, -0.05) is 0 Å². The monoisotopic (exact) mass is 332 g/mol. The predicted octanol–water partition coefficient (Wildman–Crippen LogP) is 0.781. The summed E-state index contributed by atoms with van der Waals surface area (Å²) in [5.74, 6) is 0.619. The third-order valence-electron chi connectivity index (χ3n) is 4.15. The molecule has 128 valence electrons. The first kappa shape index (κ1) is 16.1. The van der Waals surface area contributed by atoms with E-state index in [4.69, 9.17) is 9.15 Å². The average molecular weight is 332 g/mol. The number of rotatable bonds is 4. The fourth-order valence-electron chi connectivity index (χ4n) is 2.81. The molecule has 8 heteroatoms. The standard InChI is InChI=1S/C16H20N4O4/c1-19-8-5-17-16(19)20-6-3-11(4-7-20)18-15(22)13-9-12(21)14(23-2)10-24-13/h5,8-11H,3-4,6-7H2,1-2H3,(H,18,22). The van der Waals surface area contributed by atoms with Gasteiger partial charge in [0.15, 0.2) is 5.76 Å². The third kappa shape index (κ3) is 3.27. The molecule has 1 fully saturated rings. The summed E-state index contributed by atoms with van der Waals surface area (Å²) in [4.78, 5) is 30.4. The normalized spacial score (nSPS) is 15.3. The number of hydrogen-bond acceptors (Lipinski definition) is 6. The lowest BCUT2D eigenvalue weighted by molar-refractivity contribution is 0.0899. The van der Waals surface area contributed by atoms with Crippen LogP contribution in [0.15, 0.2) is 33.9 Å². The Morgan fingerprint density at radius 1 is 1.42 bits per heavy atom. The van der Waals surface area contributed by atoms with E-state index in [2.05, 4.69) is 15.2 Å². The molecule has 0 spiro atoms. The van der Waals surface area contributed by atoms with Crippen molar-refractivity contribution < 1.29 is 13.9 Å². The number of carbonyl (C=O) groups excluding carboxylic acids is 1. The van der Waals surface area contributed by atoms with Gasteiger partial charge in [-0.3, -0.25) is 9.59 Å². The Morgan fingerprint density at radius 2 is 2.17 bits per heavy atom. The number of anilines is 1. The molecule has 1 amide bonds. The van der Waals surface area contributed by atoms with Crippen molar-refractivity contribution in [3.63, 3.8) is 0 Å². The van der Waals surface area contributed by atoms with Crippen LogP contribution in [0.5, 0.6) is 5.75 Å². The van der Waals surface area contributed by atoms with Crippen LogP contribution in [-0.2, 0) is 7.05 Å². The van der Waals surface area contributed by atoms with Crippen LogP contribution in [-0.4, -0.2) is 41.7 Å². The van der Waals surface area contributed by atoms with Gasteiger partial charge in [0.1, 0.15) is 6.26 Å². The first-order valence-electron chi connectivity index (χ1n) is 7.78. The van der Waals surface area contributed by atoms with Crippen molar-refractivity contribution in [2.45, 2.75) is 18.9 Å². The lowest BCUT2D eigenvalue weighted by Crippen LogP contribution is -2.45. The quantitative estimate of drug-likeness (QED) is 0.890. The molecule has 1 aliphatic heterocycles. The van der Waals surface area contributed by atoms with Gasteiger partial charge in [-0.15, -0.1) is 0 Å². The molecule has 24 heavy (non-hydrogen) atoms. The van der Waals surface area contributed by atoms with Gasteiger partial charge < -0.3 is 23.9 Å². The van der Waals surface area contributed by atoms with E-state index in [1.54, 1.807) is 6.20 Å². The fourth-order valence-corrected chi connectivity index (χ4v) is 2.81. The third-order valence-corrected chi connectivity index (χ3v) is 4.15. The van der Waals surface area contributed by atoms with Crippen LogP contribution in [0, 0.1) is 0 Å². The number of nitrogens with one attached hydrogen (secondary N) is 1. The minimum absolute atomic E-state index is 0.00710. The van der Waals surface area contributed by atoms with E-state index in [-0.39, 0.29) is 28.9 Å². The maximum atomic E-state index is 12.2. The van der Waals surface area contributed by atoms with Crippen LogP contribution in [0.3, 0.4) is 0 Å². The Morgan fingerprint density at radius 3 is 2.75 bits per heavy atom. The van der Waals surface area contributed by atoms with Crippen LogP contribution in [0.25, 0.3) is 0 Å². The number of piperidine rings is 1. The van der Waals surface area contributed by atoms with Crippen molar-refractivity contribution in [3.05, 3.63) is 40.7 Å². The summed E-state index contributed by atoms with van der Waals surface area (Å²) in [5, 5.41) is 2.91. The second kappa shape index (κ2) is 6.77. The summed E-state index contributed by atoms with van der Waals surface area (Å²) < 4.78 is 12.0. The minimum atomic E-state index is -0.384. The van der Waals surface area contributed by atoms with Crippen LogP contribution in [0.1, 0.15) is 23.4 Å². The number of amides is 1. The van der Waals surface area contributed by atoms with Gasteiger partial charge in [0.2, 0.25) is 17.1 Å². The van der Waals surface area contributed by atoms with E-state index in [1.807, 2.05) is 17.8 Å². The summed E-state index contributed by atoms with van der Waals surface area (Å²) in [6, 6.07) is 1.19. The second-order valence-corrected chi connectivity index (χ2v) is 5.75. The number of aryl methyl sites for hydroxylation is 1. The highest BCUT2D eigenvalue weighted by Gasteiger charge is 2.24. The van der Waals surface area contributed by atoms with Crippen LogP contribution in [0.4, 0.5) is 5.95 Å². The summed E-state index contributed by atoms with van der Waals surface area (Å²) in [5.41, 5.74) is -0.376. The van der Waals surface area contributed by atoms with E-state index in [0.717, 1.165) is 44.2 Å². The molecule has 0 aliphatic carbocycles. The van der Waals surface area contributed by atoms with Crippen molar-refractivity contribution in [3.8, 4) is 5.75 Å². The number of hydrogen-bond donors (Lipinski definition) is 1. The van der Waals surface area contributed by atoms with E-state index < -0.39 is 0 Å². The molecule has 1 N–H and O–H groups in total. The molecule has 3 rings (SSSR count). The fraction of sp³-hybridized carbons (Fsp3) is 0.438. The molecule has 8 nitrogen and oxygen atoms in total. The molecule has 0 aromatic carbocycles. The number of aromatic nitrogens is 2. The predicted molar refractivity (Wildman–Crippen MR) is 87.4 cm³/mol. The Bertz CT molecular complexity index is 774. The SMILES string of the molecule is COc1coc(C(=O)NC2CCN(c3nccn3C)CC2)cc1=O. The lowest BCUT2D eigenvalue weighted by atomic mass is 10.1. The molecular weight excluding hydrogens is 312 g/mol. The smallest absolute Gasteiger partial charge is 0.287 e. The zero-order chi connectivity index (χ0) is 17.1. The maximum absolute atomic E-state index is 12.2. The van der Waals surface area contributed by atoms with Gasteiger partial charge in [-0.2, -0.15) is 0 Å². The lowest BCUT2D eigenvalue weighted by Gasteiger charge is -2.32. The maximum Gasteiger partial charge on any atom is 0.287 e. The molecule has 2 aromatic heterocycles. The molecule has 0 unspecified atom stereocenters. The molecule has 1 aliphatic rings.